The van der Waals surface area contributed by atoms with Gasteiger partial charge in [-0.05, 0) is 109 Å². The van der Waals surface area contributed by atoms with Crippen molar-refractivity contribution >= 4 is 17.9 Å². The van der Waals surface area contributed by atoms with Gasteiger partial charge in [-0.15, -0.1) is 0 Å². The molecule has 0 heterocycles. The maximum absolute atomic E-state index is 12.8. The summed E-state index contributed by atoms with van der Waals surface area (Å²) in [5, 5.41) is 0. The van der Waals surface area contributed by atoms with Gasteiger partial charge in [-0.3, -0.25) is 14.4 Å². The molecule has 0 saturated carbocycles. The summed E-state index contributed by atoms with van der Waals surface area (Å²) >= 11 is 0. The molecule has 0 aliphatic heterocycles. The summed E-state index contributed by atoms with van der Waals surface area (Å²) in [7, 11) is 0. The van der Waals surface area contributed by atoms with Crippen LogP contribution in [0.2, 0.25) is 0 Å². The molecule has 0 N–H and O–H groups in total. The van der Waals surface area contributed by atoms with Gasteiger partial charge in [-0.25, -0.2) is 0 Å². The normalized spacial score (nSPS) is 12.9. The Hall–Kier alpha value is -3.93. The monoisotopic (exact) mass is 999 g/mol. The molecule has 0 bridgehead atoms. The topological polar surface area (TPSA) is 78.9 Å². The molecule has 410 valence electrons. The van der Waals surface area contributed by atoms with Crippen LogP contribution >= 0.6 is 0 Å². The van der Waals surface area contributed by atoms with Gasteiger partial charge in [-0.2, -0.15) is 0 Å². The molecule has 0 spiro atoms. The van der Waals surface area contributed by atoms with Gasteiger partial charge in [0, 0.05) is 19.3 Å². The molecule has 0 aromatic carbocycles. The van der Waals surface area contributed by atoms with Gasteiger partial charge in [-0.1, -0.05) is 252 Å². The third kappa shape index (κ3) is 57.0. The van der Waals surface area contributed by atoms with E-state index >= 15 is 0 Å². The Morgan fingerprint density at radius 2 is 0.542 bits per heavy atom. The SMILES string of the molecule is CC/C=C\C/C=C\C/C=C\C/C=C\C/C=C\C/C=C\C/C=C\C/C=C\CCCCC(=O)OCC(COC(=O)CCCCCCC/C=C\CCCCCC)OC(=O)CCCCCCCCCCCCCCCC. The van der Waals surface area contributed by atoms with Gasteiger partial charge in [0.15, 0.2) is 6.10 Å². The number of unbranched alkanes of at least 4 members (excludes halogenated alkanes) is 24. The van der Waals surface area contributed by atoms with E-state index in [2.05, 4.69) is 130 Å². The van der Waals surface area contributed by atoms with E-state index in [1.807, 2.05) is 0 Å². The van der Waals surface area contributed by atoms with Gasteiger partial charge < -0.3 is 14.2 Å². The molecule has 0 aliphatic rings. The Kier molecular flexibility index (Phi) is 56.4. The molecule has 6 nitrogen and oxygen atoms in total. The smallest absolute Gasteiger partial charge is 0.306 e. The largest absolute Gasteiger partial charge is 0.462 e. The standard InChI is InChI=1S/C66H110O6/c1-4-7-10-13-16-19-22-25-27-28-29-30-31-32-33-34-35-36-37-38-39-42-44-47-50-53-56-59-65(68)71-62-63(61-70-64(67)58-55-52-49-46-43-40-24-21-18-15-12-9-6-3)72-66(69)60-57-54-51-48-45-41-26-23-20-17-14-11-8-5-2/h7,10,16,19,21,24-25,27,29-30,32-33,35-36,38-39,44,47,63H,4-6,8-9,11-15,17-18,20,22-23,26,28,31,34,37,40-43,45-46,48-62H2,1-3H3/b10-7-,19-16-,24-21-,27-25-,30-29-,33-32-,36-35-,39-38-,47-44-. The summed E-state index contributed by atoms with van der Waals surface area (Å²) in [5.41, 5.74) is 0. The molecule has 0 radical (unpaired) electrons. The van der Waals surface area contributed by atoms with Crippen LogP contribution in [0.1, 0.15) is 271 Å². The predicted octanol–water partition coefficient (Wildman–Crippen LogP) is 20.3. The minimum atomic E-state index is -0.799. The van der Waals surface area contributed by atoms with E-state index in [4.69, 9.17) is 14.2 Å². The van der Waals surface area contributed by atoms with Crippen molar-refractivity contribution in [3.8, 4) is 0 Å². The van der Waals surface area contributed by atoms with Crippen LogP contribution in [-0.2, 0) is 28.6 Å². The lowest BCUT2D eigenvalue weighted by Crippen LogP contribution is -2.30. The first kappa shape index (κ1) is 68.1. The summed E-state index contributed by atoms with van der Waals surface area (Å²) in [6.07, 6.45) is 80.8. The molecule has 0 rings (SSSR count). The lowest BCUT2D eigenvalue weighted by Gasteiger charge is -2.18. The van der Waals surface area contributed by atoms with Crippen LogP contribution in [0.4, 0.5) is 0 Å². The first-order valence-electron chi connectivity index (χ1n) is 29.9. The highest BCUT2D eigenvalue weighted by atomic mass is 16.6. The van der Waals surface area contributed by atoms with E-state index in [1.54, 1.807) is 0 Å². The van der Waals surface area contributed by atoms with Gasteiger partial charge in [0.2, 0.25) is 0 Å². The number of hydrogen-bond acceptors (Lipinski definition) is 6. The van der Waals surface area contributed by atoms with E-state index in [0.717, 1.165) is 116 Å². The summed E-state index contributed by atoms with van der Waals surface area (Å²) in [5.74, 6) is -0.945. The quantitative estimate of drug-likeness (QED) is 0.0261. The second-order valence-electron chi connectivity index (χ2n) is 19.5. The average molecular weight is 1000 g/mol. The fourth-order valence-corrected chi connectivity index (χ4v) is 8.04. The van der Waals surface area contributed by atoms with Crippen LogP contribution in [0.3, 0.4) is 0 Å². The highest BCUT2D eigenvalue weighted by Gasteiger charge is 2.19. The van der Waals surface area contributed by atoms with Crippen LogP contribution in [0.15, 0.2) is 109 Å². The van der Waals surface area contributed by atoms with Crippen LogP contribution in [-0.4, -0.2) is 37.2 Å². The first-order chi connectivity index (χ1) is 35.5. The Bertz CT molecular complexity index is 1470. The van der Waals surface area contributed by atoms with E-state index < -0.39 is 6.10 Å². The zero-order valence-corrected chi connectivity index (χ0v) is 46.9. The summed E-state index contributed by atoms with van der Waals surface area (Å²) in [4.78, 5) is 38.1. The van der Waals surface area contributed by atoms with Crippen LogP contribution in [0.25, 0.3) is 0 Å². The maximum Gasteiger partial charge on any atom is 0.306 e. The summed E-state index contributed by atoms with van der Waals surface area (Å²) in [6, 6.07) is 0. The third-order valence-electron chi connectivity index (χ3n) is 12.5. The number of allylic oxidation sites excluding steroid dienone is 18. The van der Waals surface area contributed by atoms with Crippen LogP contribution in [0.5, 0.6) is 0 Å². The lowest BCUT2D eigenvalue weighted by molar-refractivity contribution is -0.167. The van der Waals surface area contributed by atoms with E-state index in [0.29, 0.717) is 19.3 Å². The lowest BCUT2D eigenvalue weighted by atomic mass is 10.0. The van der Waals surface area contributed by atoms with Crippen molar-refractivity contribution in [3.05, 3.63) is 109 Å². The highest BCUT2D eigenvalue weighted by Crippen LogP contribution is 2.15. The predicted molar refractivity (Wildman–Crippen MR) is 311 cm³/mol. The number of rotatable bonds is 53. The zero-order chi connectivity index (χ0) is 52.2. The zero-order valence-electron chi connectivity index (χ0n) is 46.9. The van der Waals surface area contributed by atoms with Crippen molar-refractivity contribution in [3.63, 3.8) is 0 Å². The van der Waals surface area contributed by atoms with Crippen LogP contribution in [0, 0.1) is 0 Å². The summed E-state index contributed by atoms with van der Waals surface area (Å²) < 4.78 is 16.8. The van der Waals surface area contributed by atoms with E-state index in [1.165, 1.54) is 116 Å². The van der Waals surface area contributed by atoms with Crippen molar-refractivity contribution in [2.24, 2.45) is 0 Å². The second kappa shape index (κ2) is 59.6. The molecule has 0 aromatic heterocycles. The molecule has 0 aliphatic carbocycles. The second-order valence-corrected chi connectivity index (χ2v) is 19.5. The Morgan fingerprint density at radius 1 is 0.292 bits per heavy atom. The molecular weight excluding hydrogens is 889 g/mol. The van der Waals surface area contributed by atoms with Crippen LogP contribution < -0.4 is 0 Å². The first-order valence-corrected chi connectivity index (χ1v) is 29.9. The third-order valence-corrected chi connectivity index (χ3v) is 12.5. The van der Waals surface area contributed by atoms with Crippen molar-refractivity contribution in [2.75, 3.05) is 13.2 Å². The molecule has 0 saturated heterocycles. The molecule has 72 heavy (non-hydrogen) atoms. The molecule has 0 aromatic rings. The van der Waals surface area contributed by atoms with Gasteiger partial charge >= 0.3 is 17.9 Å². The fourth-order valence-electron chi connectivity index (χ4n) is 8.04. The summed E-state index contributed by atoms with van der Waals surface area (Å²) in [6.45, 7) is 6.47. The Morgan fingerprint density at radius 3 is 0.903 bits per heavy atom. The average Bonchev–Trinajstić information content (AvgIpc) is 3.38. The number of ether oxygens (including phenoxy) is 3. The van der Waals surface area contributed by atoms with Gasteiger partial charge in [0.25, 0.3) is 0 Å². The molecule has 1 unspecified atom stereocenters. The molecule has 1 atom stereocenters. The van der Waals surface area contributed by atoms with E-state index in [-0.39, 0.29) is 31.1 Å². The fraction of sp³-hybridized carbons (Fsp3) is 0.682. The van der Waals surface area contributed by atoms with Crippen molar-refractivity contribution < 1.29 is 28.6 Å². The minimum Gasteiger partial charge on any atom is -0.462 e. The number of carbonyl (C=O) groups excluding carboxylic acids is 3. The van der Waals surface area contributed by atoms with Gasteiger partial charge in [0.1, 0.15) is 13.2 Å². The molecular formula is C66H110O6. The van der Waals surface area contributed by atoms with Crippen molar-refractivity contribution in [1.29, 1.82) is 0 Å². The van der Waals surface area contributed by atoms with Gasteiger partial charge in [0.05, 0.1) is 0 Å². The molecule has 0 amide bonds. The van der Waals surface area contributed by atoms with Crippen molar-refractivity contribution in [2.45, 2.75) is 277 Å². The Labute approximate surface area is 444 Å². The van der Waals surface area contributed by atoms with E-state index in [9.17, 15) is 14.4 Å². The minimum absolute atomic E-state index is 0.0952. The highest BCUT2D eigenvalue weighted by molar-refractivity contribution is 5.71. The van der Waals surface area contributed by atoms with Crippen molar-refractivity contribution in [1.82, 2.24) is 0 Å². The molecule has 6 heteroatoms. The molecule has 0 fully saturated rings. The maximum atomic E-state index is 12.8. The number of hydrogen-bond donors (Lipinski definition) is 0. The number of carbonyl (C=O) groups is 3. The Balaban J connectivity index is 4.41. The number of esters is 3.